The summed E-state index contributed by atoms with van der Waals surface area (Å²) in [7, 11) is 7.01. The van der Waals surface area contributed by atoms with E-state index in [1.54, 1.807) is 21.3 Å². The number of likely N-dealkylation sites (N-methyl/N-ethyl adjacent to an activating group) is 1. The molecule has 6 nitrogen and oxygen atoms in total. The standard InChI is InChI=1S/C20H23NO5/c1-21-6-5-12-7-15-16(26-11-25-15)10-14(12)19(21)13-8-17(22-2)20(24-4)18(9-13)23-3/h7-10,19H,5-6,11H2,1-4H3/t19-/m0/s1. The number of hydrogen-bond acceptors (Lipinski definition) is 6. The second-order valence-electron chi connectivity index (χ2n) is 6.50. The number of nitrogens with zero attached hydrogens (tertiary/aromatic N) is 1. The first-order valence-corrected chi connectivity index (χ1v) is 8.58. The Morgan fingerprint density at radius 3 is 2.19 bits per heavy atom. The van der Waals surface area contributed by atoms with Gasteiger partial charge in [-0.15, -0.1) is 0 Å². The van der Waals surface area contributed by atoms with E-state index in [2.05, 4.69) is 24.1 Å². The van der Waals surface area contributed by atoms with Crippen LogP contribution in [0.5, 0.6) is 28.7 Å². The predicted molar refractivity (Wildman–Crippen MR) is 96.8 cm³/mol. The van der Waals surface area contributed by atoms with Crippen LogP contribution in [0.25, 0.3) is 0 Å². The highest BCUT2D eigenvalue weighted by Gasteiger charge is 2.31. The summed E-state index contributed by atoms with van der Waals surface area (Å²) in [6, 6.07) is 8.31. The Morgan fingerprint density at radius 1 is 0.923 bits per heavy atom. The molecule has 0 aromatic heterocycles. The van der Waals surface area contributed by atoms with Gasteiger partial charge < -0.3 is 23.7 Å². The summed E-state index contributed by atoms with van der Waals surface area (Å²) < 4.78 is 27.7. The van der Waals surface area contributed by atoms with Crippen LogP contribution in [0.4, 0.5) is 0 Å². The van der Waals surface area contributed by atoms with Crippen LogP contribution >= 0.6 is 0 Å². The van der Waals surface area contributed by atoms with Crippen molar-refractivity contribution >= 4 is 0 Å². The van der Waals surface area contributed by atoms with Gasteiger partial charge in [0.05, 0.1) is 27.4 Å². The van der Waals surface area contributed by atoms with E-state index in [-0.39, 0.29) is 12.8 Å². The number of hydrogen-bond donors (Lipinski definition) is 0. The lowest BCUT2D eigenvalue weighted by Gasteiger charge is -2.35. The first kappa shape index (κ1) is 16.8. The van der Waals surface area contributed by atoms with Crippen molar-refractivity contribution in [1.29, 1.82) is 0 Å². The maximum Gasteiger partial charge on any atom is 0.231 e. The van der Waals surface area contributed by atoms with Crippen LogP contribution in [0.3, 0.4) is 0 Å². The molecule has 0 radical (unpaired) electrons. The van der Waals surface area contributed by atoms with Crippen molar-refractivity contribution in [2.24, 2.45) is 0 Å². The smallest absolute Gasteiger partial charge is 0.231 e. The Hall–Kier alpha value is -2.60. The molecule has 0 fully saturated rings. The summed E-state index contributed by atoms with van der Waals surface area (Å²) >= 11 is 0. The van der Waals surface area contributed by atoms with Gasteiger partial charge in [-0.05, 0) is 54.4 Å². The zero-order valence-corrected chi connectivity index (χ0v) is 15.5. The fraction of sp³-hybridized carbons (Fsp3) is 0.400. The zero-order chi connectivity index (χ0) is 18.3. The Kier molecular flexibility index (Phi) is 4.28. The molecule has 0 saturated heterocycles. The quantitative estimate of drug-likeness (QED) is 0.838. The molecular formula is C20H23NO5. The molecule has 0 amide bonds. The third kappa shape index (κ3) is 2.61. The molecule has 2 aromatic rings. The normalized spacial score (nSPS) is 18.4. The van der Waals surface area contributed by atoms with Crippen LogP contribution in [0.1, 0.15) is 22.7 Å². The minimum Gasteiger partial charge on any atom is -0.493 e. The largest absolute Gasteiger partial charge is 0.493 e. The van der Waals surface area contributed by atoms with E-state index in [0.717, 1.165) is 30.0 Å². The van der Waals surface area contributed by atoms with Gasteiger partial charge in [0.15, 0.2) is 23.0 Å². The summed E-state index contributed by atoms with van der Waals surface area (Å²) in [5.74, 6) is 3.54. The van der Waals surface area contributed by atoms with Gasteiger partial charge >= 0.3 is 0 Å². The van der Waals surface area contributed by atoms with Crippen LogP contribution in [0.2, 0.25) is 0 Å². The van der Waals surface area contributed by atoms with Gasteiger partial charge in [-0.3, -0.25) is 4.90 Å². The molecule has 4 rings (SSSR count). The zero-order valence-electron chi connectivity index (χ0n) is 15.5. The molecule has 2 heterocycles. The lowest BCUT2D eigenvalue weighted by Crippen LogP contribution is -2.32. The van der Waals surface area contributed by atoms with Gasteiger partial charge in [0.25, 0.3) is 0 Å². The highest BCUT2D eigenvalue weighted by molar-refractivity contribution is 5.58. The number of methoxy groups -OCH3 is 3. The minimum absolute atomic E-state index is 0.0713. The van der Waals surface area contributed by atoms with E-state index in [4.69, 9.17) is 23.7 Å². The van der Waals surface area contributed by atoms with Crippen LogP contribution in [0, 0.1) is 0 Å². The third-order valence-corrected chi connectivity index (χ3v) is 5.11. The van der Waals surface area contributed by atoms with Crippen molar-refractivity contribution in [3.8, 4) is 28.7 Å². The predicted octanol–water partition coefficient (Wildman–Crippen LogP) is 3.02. The minimum atomic E-state index is 0.0713. The SMILES string of the molecule is COc1cc([C@H]2c3cc4c(cc3CCN2C)OCO4)cc(OC)c1OC. The first-order valence-electron chi connectivity index (χ1n) is 8.58. The highest BCUT2D eigenvalue weighted by Crippen LogP contribution is 2.46. The van der Waals surface area contributed by atoms with Crippen molar-refractivity contribution in [2.45, 2.75) is 12.5 Å². The van der Waals surface area contributed by atoms with E-state index in [0.29, 0.717) is 17.2 Å². The Labute approximate surface area is 153 Å². The number of fused-ring (bicyclic) bond motifs is 2. The second kappa shape index (κ2) is 6.61. The van der Waals surface area contributed by atoms with E-state index < -0.39 is 0 Å². The van der Waals surface area contributed by atoms with Gasteiger partial charge in [-0.2, -0.15) is 0 Å². The van der Waals surface area contributed by atoms with Crippen LogP contribution in [-0.4, -0.2) is 46.6 Å². The summed E-state index contributed by atoms with van der Waals surface area (Å²) in [6.45, 7) is 1.23. The fourth-order valence-electron chi connectivity index (χ4n) is 3.83. The molecule has 26 heavy (non-hydrogen) atoms. The molecule has 6 heteroatoms. The molecule has 0 N–H and O–H groups in total. The summed E-state index contributed by atoms with van der Waals surface area (Å²) in [4.78, 5) is 2.32. The molecule has 1 atom stereocenters. The second-order valence-corrected chi connectivity index (χ2v) is 6.50. The van der Waals surface area contributed by atoms with Crippen molar-refractivity contribution in [1.82, 2.24) is 4.90 Å². The van der Waals surface area contributed by atoms with E-state index >= 15 is 0 Å². The van der Waals surface area contributed by atoms with Crippen molar-refractivity contribution in [3.05, 3.63) is 41.0 Å². The Morgan fingerprint density at radius 2 is 1.58 bits per heavy atom. The molecule has 0 spiro atoms. The van der Waals surface area contributed by atoms with E-state index in [9.17, 15) is 0 Å². The Balaban J connectivity index is 1.86. The topological polar surface area (TPSA) is 49.4 Å². The maximum absolute atomic E-state index is 5.60. The van der Waals surface area contributed by atoms with Crippen molar-refractivity contribution in [3.63, 3.8) is 0 Å². The summed E-state index contributed by atoms with van der Waals surface area (Å²) in [5.41, 5.74) is 3.59. The Bertz CT molecular complexity index is 810. The lowest BCUT2D eigenvalue weighted by atomic mass is 9.88. The molecule has 138 valence electrons. The number of benzene rings is 2. The van der Waals surface area contributed by atoms with Crippen molar-refractivity contribution < 1.29 is 23.7 Å². The van der Waals surface area contributed by atoms with Crippen molar-refractivity contribution in [2.75, 3.05) is 41.7 Å². The highest BCUT2D eigenvalue weighted by atomic mass is 16.7. The van der Waals surface area contributed by atoms with E-state index in [1.807, 2.05) is 12.1 Å². The molecule has 0 aliphatic carbocycles. The number of rotatable bonds is 4. The third-order valence-electron chi connectivity index (χ3n) is 5.11. The van der Waals surface area contributed by atoms with E-state index in [1.165, 1.54) is 11.1 Å². The average Bonchev–Trinajstić information content (AvgIpc) is 3.12. The van der Waals surface area contributed by atoms with Crippen LogP contribution < -0.4 is 23.7 Å². The van der Waals surface area contributed by atoms with Gasteiger partial charge in [-0.25, -0.2) is 0 Å². The number of ether oxygens (including phenoxy) is 5. The maximum atomic E-state index is 5.60. The monoisotopic (exact) mass is 357 g/mol. The molecule has 2 aliphatic rings. The van der Waals surface area contributed by atoms with Gasteiger partial charge in [0, 0.05) is 6.54 Å². The lowest BCUT2D eigenvalue weighted by molar-refractivity contribution is 0.174. The first-order chi connectivity index (χ1) is 12.7. The molecular weight excluding hydrogens is 334 g/mol. The summed E-state index contributed by atoms with van der Waals surface area (Å²) in [6.07, 6.45) is 0.976. The molecule has 0 unspecified atom stereocenters. The van der Waals surface area contributed by atoms with Gasteiger partial charge in [-0.1, -0.05) is 0 Å². The van der Waals surface area contributed by atoms with Crippen LogP contribution in [0.15, 0.2) is 24.3 Å². The van der Waals surface area contributed by atoms with Gasteiger partial charge in [0.1, 0.15) is 0 Å². The molecule has 2 aliphatic heterocycles. The fourth-order valence-corrected chi connectivity index (χ4v) is 3.83. The average molecular weight is 357 g/mol. The van der Waals surface area contributed by atoms with Gasteiger partial charge in [0.2, 0.25) is 12.5 Å². The summed E-state index contributed by atoms with van der Waals surface area (Å²) in [5, 5.41) is 0. The van der Waals surface area contributed by atoms with Crippen LogP contribution in [-0.2, 0) is 6.42 Å². The molecule has 0 saturated carbocycles. The molecule has 2 aromatic carbocycles. The molecule has 0 bridgehead atoms.